The summed E-state index contributed by atoms with van der Waals surface area (Å²) in [4.78, 5) is 13.9. The van der Waals surface area contributed by atoms with Gasteiger partial charge in [-0.2, -0.15) is 10.5 Å². The quantitative estimate of drug-likeness (QED) is 0.796. The van der Waals surface area contributed by atoms with E-state index >= 15 is 0 Å². The fourth-order valence-electron chi connectivity index (χ4n) is 2.38. The van der Waals surface area contributed by atoms with Crippen LogP contribution in [0.1, 0.15) is 12.0 Å². The van der Waals surface area contributed by atoms with E-state index in [0.29, 0.717) is 13.0 Å². The van der Waals surface area contributed by atoms with Crippen molar-refractivity contribution in [3.8, 4) is 17.9 Å². The third-order valence-corrected chi connectivity index (χ3v) is 3.52. The number of nitriles is 2. The van der Waals surface area contributed by atoms with E-state index in [1.54, 1.807) is 18.0 Å². The van der Waals surface area contributed by atoms with E-state index in [1.165, 1.54) is 0 Å². The Bertz CT molecular complexity index is 662. The number of amides is 1. The van der Waals surface area contributed by atoms with Gasteiger partial charge in [-0.1, -0.05) is 0 Å². The van der Waals surface area contributed by atoms with Crippen molar-refractivity contribution in [1.82, 2.24) is 4.90 Å². The maximum atomic E-state index is 13.1. The highest BCUT2D eigenvalue weighted by Crippen LogP contribution is 2.30. The summed E-state index contributed by atoms with van der Waals surface area (Å²) in [6, 6.07) is 5.25. The molecule has 2 atom stereocenters. The van der Waals surface area contributed by atoms with Gasteiger partial charge in [0.2, 0.25) is 5.91 Å². The summed E-state index contributed by atoms with van der Waals surface area (Å²) in [5, 5.41) is 30.0. The van der Waals surface area contributed by atoms with Crippen molar-refractivity contribution < 1.29 is 14.3 Å². The van der Waals surface area contributed by atoms with Crippen LogP contribution in [-0.4, -0.2) is 35.5 Å². The van der Waals surface area contributed by atoms with Gasteiger partial charge in [0.05, 0.1) is 23.6 Å². The van der Waals surface area contributed by atoms with Gasteiger partial charge in [0.15, 0.2) is 0 Å². The number of nitrogens with zero attached hydrogens (tertiary/aromatic N) is 3. The number of hydrogen-bond donors (Lipinski definition) is 2. The first-order valence-electron chi connectivity index (χ1n) is 6.29. The Hall–Kier alpha value is -2.64. The second-order valence-electron chi connectivity index (χ2n) is 4.97. The predicted octanol–water partition coefficient (Wildman–Crippen LogP) is 1.19. The molecule has 21 heavy (non-hydrogen) atoms. The van der Waals surface area contributed by atoms with Gasteiger partial charge in [-0.05, 0) is 19.5 Å². The number of likely N-dealkylation sites (tertiary alicyclic amines) is 1. The van der Waals surface area contributed by atoms with Gasteiger partial charge in [0.25, 0.3) is 0 Å². The lowest BCUT2D eigenvalue weighted by atomic mass is 10.0. The molecule has 6 nitrogen and oxygen atoms in total. The maximum absolute atomic E-state index is 13.1. The van der Waals surface area contributed by atoms with Gasteiger partial charge >= 0.3 is 0 Å². The molecular formula is C14H13FN4O2. The SMILES string of the molecule is CN1CC(C(=O)Nc2c(O)cc(F)cc2C#N)CC1C#N. The first kappa shape index (κ1) is 14.8. The Morgan fingerprint density at radius 1 is 1.52 bits per heavy atom. The third-order valence-electron chi connectivity index (χ3n) is 3.52. The van der Waals surface area contributed by atoms with Crippen molar-refractivity contribution >= 4 is 11.6 Å². The summed E-state index contributed by atoms with van der Waals surface area (Å²) < 4.78 is 13.1. The summed E-state index contributed by atoms with van der Waals surface area (Å²) in [5.41, 5.74) is -0.254. The van der Waals surface area contributed by atoms with Crippen LogP contribution in [0.4, 0.5) is 10.1 Å². The molecule has 0 saturated carbocycles. The van der Waals surface area contributed by atoms with Gasteiger partial charge in [-0.25, -0.2) is 4.39 Å². The molecule has 1 aliphatic heterocycles. The predicted molar refractivity (Wildman–Crippen MR) is 71.5 cm³/mol. The number of hydrogen-bond acceptors (Lipinski definition) is 5. The molecule has 1 heterocycles. The van der Waals surface area contributed by atoms with E-state index < -0.39 is 23.4 Å². The third kappa shape index (κ3) is 2.93. The molecule has 1 aromatic carbocycles. The van der Waals surface area contributed by atoms with Crippen molar-refractivity contribution in [1.29, 1.82) is 10.5 Å². The molecule has 1 amide bonds. The van der Waals surface area contributed by atoms with Crippen molar-refractivity contribution in [2.45, 2.75) is 12.5 Å². The Balaban J connectivity index is 2.19. The minimum Gasteiger partial charge on any atom is -0.506 e. The van der Waals surface area contributed by atoms with E-state index in [9.17, 15) is 14.3 Å². The molecule has 1 aromatic rings. The summed E-state index contributed by atoms with van der Waals surface area (Å²) >= 11 is 0. The van der Waals surface area contributed by atoms with Gasteiger partial charge in [-0.3, -0.25) is 9.69 Å². The summed E-state index contributed by atoms with van der Waals surface area (Å²) in [6.07, 6.45) is 0.378. The highest BCUT2D eigenvalue weighted by atomic mass is 19.1. The normalized spacial score (nSPS) is 21.5. The van der Waals surface area contributed by atoms with Gasteiger partial charge in [0, 0.05) is 12.6 Å². The molecule has 1 aliphatic rings. The molecule has 0 radical (unpaired) electrons. The number of rotatable bonds is 2. The fraction of sp³-hybridized carbons (Fsp3) is 0.357. The van der Waals surface area contributed by atoms with Crippen LogP contribution in [0, 0.1) is 34.4 Å². The monoisotopic (exact) mass is 288 g/mol. The first-order chi connectivity index (χ1) is 9.96. The average Bonchev–Trinajstić information content (AvgIpc) is 2.82. The van der Waals surface area contributed by atoms with Crippen LogP contribution < -0.4 is 5.32 Å². The van der Waals surface area contributed by atoms with Crippen LogP contribution in [0.2, 0.25) is 0 Å². The molecule has 7 heteroatoms. The molecule has 1 fully saturated rings. The molecule has 0 spiro atoms. The number of carbonyl (C=O) groups excluding carboxylic acids is 1. The minimum absolute atomic E-state index is 0.105. The number of nitrogens with one attached hydrogen (secondary N) is 1. The molecule has 0 aromatic heterocycles. The Kier molecular flexibility index (Phi) is 4.06. The molecule has 2 unspecified atom stereocenters. The maximum Gasteiger partial charge on any atom is 0.229 e. The number of anilines is 1. The minimum atomic E-state index is -0.757. The van der Waals surface area contributed by atoms with Crippen LogP contribution in [0.3, 0.4) is 0 Å². The van der Waals surface area contributed by atoms with Crippen molar-refractivity contribution in [3.63, 3.8) is 0 Å². The standard InChI is InChI=1S/C14H13FN4O2/c1-19-7-9(3-11(19)6-17)14(21)18-13-8(5-16)2-10(15)4-12(13)20/h2,4,9,11,20H,3,7H2,1H3,(H,18,21). The number of benzene rings is 1. The molecule has 0 aliphatic carbocycles. The van der Waals surface area contributed by atoms with Crippen LogP contribution in [0.5, 0.6) is 5.75 Å². The summed E-state index contributed by atoms with van der Waals surface area (Å²) in [5.74, 6) is -2.08. The highest BCUT2D eigenvalue weighted by molar-refractivity contribution is 5.95. The Morgan fingerprint density at radius 3 is 2.81 bits per heavy atom. The van der Waals surface area contributed by atoms with Crippen LogP contribution in [-0.2, 0) is 4.79 Å². The highest BCUT2D eigenvalue weighted by Gasteiger charge is 2.34. The molecule has 0 bridgehead atoms. The zero-order valence-electron chi connectivity index (χ0n) is 11.3. The Labute approximate surface area is 121 Å². The lowest BCUT2D eigenvalue weighted by molar-refractivity contribution is -0.119. The second-order valence-corrected chi connectivity index (χ2v) is 4.97. The van der Waals surface area contributed by atoms with Crippen LogP contribution in [0.25, 0.3) is 0 Å². The van der Waals surface area contributed by atoms with Gasteiger partial charge in [-0.15, -0.1) is 0 Å². The smallest absolute Gasteiger partial charge is 0.229 e. The summed E-state index contributed by atoms with van der Waals surface area (Å²) in [6.45, 7) is 0.411. The number of carbonyl (C=O) groups is 1. The topological polar surface area (TPSA) is 100 Å². The first-order valence-corrected chi connectivity index (χ1v) is 6.29. The fourth-order valence-corrected chi connectivity index (χ4v) is 2.38. The second kappa shape index (κ2) is 5.78. The van der Waals surface area contributed by atoms with Gasteiger partial charge in [0.1, 0.15) is 23.3 Å². The van der Waals surface area contributed by atoms with Crippen molar-refractivity contribution in [2.24, 2.45) is 5.92 Å². The largest absolute Gasteiger partial charge is 0.506 e. The van der Waals surface area contributed by atoms with Crippen LogP contribution >= 0.6 is 0 Å². The Morgan fingerprint density at radius 2 is 2.24 bits per heavy atom. The number of aromatic hydroxyl groups is 1. The van der Waals surface area contributed by atoms with E-state index in [2.05, 4.69) is 11.4 Å². The van der Waals surface area contributed by atoms with Gasteiger partial charge < -0.3 is 10.4 Å². The average molecular weight is 288 g/mol. The summed E-state index contributed by atoms with van der Waals surface area (Å²) in [7, 11) is 1.75. The lowest BCUT2D eigenvalue weighted by Gasteiger charge is -2.13. The zero-order valence-corrected chi connectivity index (χ0v) is 11.3. The van der Waals surface area contributed by atoms with E-state index in [4.69, 9.17) is 10.5 Å². The number of phenolic OH excluding ortho intramolecular Hbond substituents is 1. The molecule has 108 valence electrons. The van der Waals surface area contributed by atoms with E-state index in [0.717, 1.165) is 12.1 Å². The zero-order chi connectivity index (χ0) is 15.6. The number of phenols is 1. The van der Waals surface area contributed by atoms with E-state index in [1.807, 2.05) is 0 Å². The lowest BCUT2D eigenvalue weighted by Crippen LogP contribution is -2.26. The van der Waals surface area contributed by atoms with Crippen LogP contribution in [0.15, 0.2) is 12.1 Å². The molecule has 1 saturated heterocycles. The van der Waals surface area contributed by atoms with E-state index in [-0.39, 0.29) is 17.3 Å². The van der Waals surface area contributed by atoms with Crippen molar-refractivity contribution in [2.75, 3.05) is 18.9 Å². The molecule has 2 rings (SSSR count). The number of halogens is 1. The molecule has 2 N–H and O–H groups in total. The molecular weight excluding hydrogens is 275 g/mol. The van der Waals surface area contributed by atoms with Crippen molar-refractivity contribution in [3.05, 3.63) is 23.5 Å².